The van der Waals surface area contributed by atoms with Crippen LogP contribution in [0.25, 0.3) is 0 Å². The molecule has 0 aromatic carbocycles. The highest BCUT2D eigenvalue weighted by Crippen LogP contribution is 2.00. The molecule has 0 heterocycles. The van der Waals surface area contributed by atoms with E-state index in [2.05, 4.69) is 24.5 Å². The topological polar surface area (TPSA) is 41.1 Å². The number of rotatable bonds is 5. The molecule has 0 saturated carbocycles. The molecule has 3 heteroatoms. The van der Waals surface area contributed by atoms with Gasteiger partial charge in [0.25, 0.3) is 0 Å². The number of hydrogen-bond acceptors (Lipinski definition) is 2. The lowest BCUT2D eigenvalue weighted by Crippen LogP contribution is -2.49. The van der Waals surface area contributed by atoms with Gasteiger partial charge in [0, 0.05) is 5.54 Å². The lowest BCUT2D eigenvalue weighted by molar-refractivity contribution is -0.124. The summed E-state index contributed by atoms with van der Waals surface area (Å²) < 4.78 is 0. The molecule has 0 saturated heterocycles. The zero-order valence-electron chi connectivity index (χ0n) is 11.0. The van der Waals surface area contributed by atoms with Crippen molar-refractivity contribution in [1.82, 2.24) is 10.6 Å². The van der Waals surface area contributed by atoms with Gasteiger partial charge in [-0.05, 0) is 46.6 Å². The van der Waals surface area contributed by atoms with Crippen molar-refractivity contribution in [3.8, 4) is 0 Å². The predicted molar refractivity (Wildman–Crippen MR) is 64.8 cm³/mol. The second-order valence-electron chi connectivity index (χ2n) is 5.60. The third-order valence-corrected chi connectivity index (χ3v) is 2.06. The molecule has 1 unspecified atom stereocenters. The minimum absolute atomic E-state index is 0.0752. The largest absolute Gasteiger partial charge is 0.350 e. The van der Waals surface area contributed by atoms with Gasteiger partial charge in [-0.25, -0.2) is 0 Å². The van der Waals surface area contributed by atoms with Crippen LogP contribution in [0.3, 0.4) is 0 Å². The van der Waals surface area contributed by atoms with Crippen LogP contribution < -0.4 is 10.6 Å². The van der Waals surface area contributed by atoms with Gasteiger partial charge in [-0.2, -0.15) is 0 Å². The van der Waals surface area contributed by atoms with Gasteiger partial charge in [-0.15, -0.1) is 0 Å². The Morgan fingerprint density at radius 2 is 1.73 bits per heavy atom. The molecule has 90 valence electrons. The number of carbonyl (C=O) groups excluding carboxylic acids is 1. The molecule has 0 aromatic rings. The second-order valence-corrected chi connectivity index (χ2v) is 5.60. The van der Waals surface area contributed by atoms with E-state index in [-0.39, 0.29) is 17.5 Å². The smallest absolute Gasteiger partial charge is 0.237 e. The molecule has 1 atom stereocenters. The van der Waals surface area contributed by atoms with Crippen LogP contribution >= 0.6 is 0 Å². The molecule has 0 bridgehead atoms. The summed E-state index contributed by atoms with van der Waals surface area (Å²) in [6.07, 6.45) is 1.10. The van der Waals surface area contributed by atoms with E-state index in [9.17, 15) is 4.79 Å². The molecular formula is C12H26N2O. The Hall–Kier alpha value is -0.570. The van der Waals surface area contributed by atoms with Crippen molar-refractivity contribution >= 4 is 5.91 Å². The predicted octanol–water partition coefficient (Wildman–Crippen LogP) is 1.93. The molecule has 0 aliphatic heterocycles. The first-order chi connectivity index (χ1) is 6.72. The third kappa shape index (κ3) is 8.43. The van der Waals surface area contributed by atoms with Crippen molar-refractivity contribution in [3.63, 3.8) is 0 Å². The molecule has 0 aliphatic carbocycles. The number of amides is 1. The van der Waals surface area contributed by atoms with Crippen LogP contribution in [0.15, 0.2) is 0 Å². The summed E-state index contributed by atoms with van der Waals surface area (Å²) in [4.78, 5) is 11.7. The van der Waals surface area contributed by atoms with E-state index >= 15 is 0 Å². The van der Waals surface area contributed by atoms with Crippen LogP contribution in [-0.2, 0) is 4.79 Å². The monoisotopic (exact) mass is 214 g/mol. The van der Waals surface area contributed by atoms with Gasteiger partial charge in [0.05, 0.1) is 6.04 Å². The molecule has 0 fully saturated rings. The number of carbonyl (C=O) groups is 1. The van der Waals surface area contributed by atoms with Crippen LogP contribution in [0.4, 0.5) is 0 Å². The Labute approximate surface area is 94.0 Å². The fraction of sp³-hybridized carbons (Fsp3) is 0.917. The van der Waals surface area contributed by atoms with Crippen molar-refractivity contribution in [2.45, 2.75) is 59.5 Å². The Morgan fingerprint density at radius 1 is 1.20 bits per heavy atom. The molecule has 0 aliphatic rings. The van der Waals surface area contributed by atoms with Crippen LogP contribution in [0.2, 0.25) is 0 Å². The van der Waals surface area contributed by atoms with Gasteiger partial charge in [-0.1, -0.05) is 13.8 Å². The lowest BCUT2D eigenvalue weighted by Gasteiger charge is -2.23. The molecule has 0 spiro atoms. The molecular weight excluding hydrogens is 188 g/mol. The molecule has 2 N–H and O–H groups in total. The third-order valence-electron chi connectivity index (χ3n) is 2.06. The summed E-state index contributed by atoms with van der Waals surface area (Å²) in [5, 5.41) is 6.18. The van der Waals surface area contributed by atoms with Gasteiger partial charge in [0.15, 0.2) is 0 Å². The average molecular weight is 214 g/mol. The zero-order valence-corrected chi connectivity index (χ0v) is 11.0. The molecule has 3 nitrogen and oxygen atoms in total. The van der Waals surface area contributed by atoms with Gasteiger partial charge >= 0.3 is 0 Å². The second kappa shape index (κ2) is 6.11. The van der Waals surface area contributed by atoms with E-state index in [0.29, 0.717) is 5.92 Å². The maximum atomic E-state index is 11.7. The van der Waals surface area contributed by atoms with E-state index in [0.717, 1.165) is 13.0 Å². The van der Waals surface area contributed by atoms with E-state index in [4.69, 9.17) is 0 Å². The van der Waals surface area contributed by atoms with Crippen LogP contribution in [-0.4, -0.2) is 24.0 Å². The lowest BCUT2D eigenvalue weighted by atomic mass is 10.1. The van der Waals surface area contributed by atoms with E-state index in [1.807, 2.05) is 27.7 Å². The van der Waals surface area contributed by atoms with Crippen molar-refractivity contribution < 1.29 is 4.79 Å². The summed E-state index contributed by atoms with van der Waals surface area (Å²) in [7, 11) is 0. The molecule has 15 heavy (non-hydrogen) atoms. The normalized spacial score (nSPS) is 14.1. The van der Waals surface area contributed by atoms with Gasteiger partial charge in [0.1, 0.15) is 0 Å². The summed E-state index contributed by atoms with van der Waals surface area (Å²) in [6, 6.07) is -0.108. The highest BCUT2D eigenvalue weighted by atomic mass is 16.2. The summed E-state index contributed by atoms with van der Waals surface area (Å²) >= 11 is 0. The van der Waals surface area contributed by atoms with E-state index in [1.54, 1.807) is 0 Å². The van der Waals surface area contributed by atoms with Gasteiger partial charge in [0.2, 0.25) is 5.91 Å². The van der Waals surface area contributed by atoms with Crippen molar-refractivity contribution in [3.05, 3.63) is 0 Å². The first-order valence-electron chi connectivity index (χ1n) is 5.78. The van der Waals surface area contributed by atoms with Crippen molar-refractivity contribution in [2.24, 2.45) is 5.92 Å². The maximum Gasteiger partial charge on any atom is 0.237 e. The first kappa shape index (κ1) is 14.4. The zero-order chi connectivity index (χ0) is 12.1. The quantitative estimate of drug-likeness (QED) is 0.734. The fourth-order valence-corrected chi connectivity index (χ4v) is 1.16. The number of nitrogens with one attached hydrogen (secondary N) is 2. The fourth-order valence-electron chi connectivity index (χ4n) is 1.16. The Bertz CT molecular complexity index is 194. The Morgan fingerprint density at radius 3 is 2.13 bits per heavy atom. The SMILES string of the molecule is CC(C)CCNC(C)C(=O)NC(C)(C)C. The van der Waals surface area contributed by atoms with Gasteiger partial charge < -0.3 is 10.6 Å². The average Bonchev–Trinajstić information content (AvgIpc) is 1.99. The standard InChI is InChI=1S/C12H26N2O/c1-9(2)7-8-13-10(3)11(15)14-12(4,5)6/h9-10,13H,7-8H2,1-6H3,(H,14,15). The minimum atomic E-state index is -0.148. The van der Waals surface area contributed by atoms with E-state index < -0.39 is 0 Å². The summed E-state index contributed by atoms with van der Waals surface area (Å²) in [5.74, 6) is 0.752. The maximum absolute atomic E-state index is 11.7. The summed E-state index contributed by atoms with van der Waals surface area (Å²) in [6.45, 7) is 13.1. The molecule has 0 rings (SSSR count). The van der Waals surface area contributed by atoms with E-state index in [1.165, 1.54) is 0 Å². The Kier molecular flexibility index (Phi) is 5.88. The Balaban J connectivity index is 3.80. The van der Waals surface area contributed by atoms with Crippen molar-refractivity contribution in [2.75, 3.05) is 6.54 Å². The molecule has 0 aromatic heterocycles. The minimum Gasteiger partial charge on any atom is -0.350 e. The summed E-state index contributed by atoms with van der Waals surface area (Å²) in [5.41, 5.74) is -0.148. The van der Waals surface area contributed by atoms with Crippen LogP contribution in [0, 0.1) is 5.92 Å². The first-order valence-corrected chi connectivity index (χ1v) is 5.78. The van der Waals surface area contributed by atoms with Crippen LogP contribution in [0.1, 0.15) is 48.0 Å². The highest BCUT2D eigenvalue weighted by molar-refractivity contribution is 5.81. The molecule has 0 radical (unpaired) electrons. The number of hydrogen-bond donors (Lipinski definition) is 2. The highest BCUT2D eigenvalue weighted by Gasteiger charge is 2.18. The van der Waals surface area contributed by atoms with Gasteiger partial charge in [-0.3, -0.25) is 4.79 Å². The van der Waals surface area contributed by atoms with Crippen molar-refractivity contribution in [1.29, 1.82) is 0 Å². The molecule has 1 amide bonds. The van der Waals surface area contributed by atoms with Crippen LogP contribution in [0.5, 0.6) is 0 Å².